The van der Waals surface area contributed by atoms with Gasteiger partial charge in [0.05, 0.1) is 4.90 Å². The summed E-state index contributed by atoms with van der Waals surface area (Å²) in [6, 6.07) is 4.31. The average molecular weight is 354 g/mol. The van der Waals surface area contributed by atoms with Crippen LogP contribution in [0.25, 0.3) is 0 Å². The van der Waals surface area contributed by atoms with E-state index in [4.69, 9.17) is 0 Å². The van der Waals surface area contributed by atoms with Crippen LogP contribution in [0.15, 0.2) is 23.1 Å². The van der Waals surface area contributed by atoms with E-state index in [0.717, 1.165) is 0 Å². The number of amides is 1. The monoisotopic (exact) mass is 354 g/mol. The molecule has 1 aromatic rings. The van der Waals surface area contributed by atoms with Crippen LogP contribution in [-0.2, 0) is 14.8 Å². The van der Waals surface area contributed by atoms with Crippen LogP contribution in [0.4, 0.5) is 0 Å². The van der Waals surface area contributed by atoms with E-state index >= 15 is 0 Å². The van der Waals surface area contributed by atoms with Crippen molar-refractivity contribution in [2.45, 2.75) is 44.0 Å². The first-order valence-corrected chi connectivity index (χ1v) is 9.27. The number of carbonyl (C=O) groups excluding carboxylic acids is 1. The van der Waals surface area contributed by atoms with Crippen LogP contribution in [0.2, 0.25) is 0 Å². The molecule has 1 unspecified atom stereocenters. The van der Waals surface area contributed by atoms with Crippen molar-refractivity contribution in [3.05, 3.63) is 29.3 Å². The van der Waals surface area contributed by atoms with Gasteiger partial charge in [-0.2, -0.15) is 0 Å². The molecule has 1 atom stereocenters. The Morgan fingerprint density at radius 2 is 2.04 bits per heavy atom. The molecule has 1 aliphatic heterocycles. The Balaban J connectivity index is 2.45. The van der Waals surface area contributed by atoms with E-state index < -0.39 is 27.4 Å². The van der Waals surface area contributed by atoms with Crippen LogP contribution in [0.1, 0.15) is 42.6 Å². The minimum absolute atomic E-state index is 0.00507. The number of aliphatic carboxylic acids is 1. The zero-order chi connectivity index (χ0) is 18.1. The molecule has 0 aromatic heterocycles. The smallest absolute Gasteiger partial charge is 0.329 e. The third-order valence-corrected chi connectivity index (χ3v) is 5.97. The fourth-order valence-corrected chi connectivity index (χ4v) is 4.00. The molecule has 0 spiro atoms. The maximum atomic E-state index is 12.9. The Morgan fingerprint density at radius 3 is 2.62 bits per heavy atom. The lowest BCUT2D eigenvalue weighted by atomic mass is 9.98. The molecule has 132 valence electrons. The Hall–Kier alpha value is -1.93. The molecule has 0 saturated carbocycles. The summed E-state index contributed by atoms with van der Waals surface area (Å²) < 4.78 is 26.7. The lowest BCUT2D eigenvalue weighted by Gasteiger charge is -2.31. The first kappa shape index (κ1) is 18.4. The lowest BCUT2D eigenvalue weighted by Crippen LogP contribution is -2.50. The highest BCUT2D eigenvalue weighted by Gasteiger charge is 2.46. The van der Waals surface area contributed by atoms with Gasteiger partial charge in [-0.3, -0.25) is 4.79 Å². The molecular weight excluding hydrogens is 332 g/mol. The largest absolute Gasteiger partial charge is 0.480 e. The maximum absolute atomic E-state index is 12.9. The number of hydrogen-bond acceptors (Lipinski definition) is 4. The Labute approximate surface area is 141 Å². The van der Waals surface area contributed by atoms with Crippen molar-refractivity contribution in [2.75, 3.05) is 13.1 Å². The summed E-state index contributed by atoms with van der Waals surface area (Å²) in [6.07, 6.45) is 0.978. The van der Waals surface area contributed by atoms with Crippen molar-refractivity contribution < 1.29 is 23.1 Å². The molecule has 2 rings (SSSR count). The quantitative estimate of drug-likeness (QED) is 0.831. The SMILES string of the molecule is CCNS(=O)(=O)c1ccc(C)c(C(=O)N2CCCC2(C)C(=O)O)c1. The number of benzene rings is 1. The Kier molecular flexibility index (Phi) is 5.00. The van der Waals surface area contributed by atoms with Crippen LogP contribution in [0.3, 0.4) is 0 Å². The van der Waals surface area contributed by atoms with Crippen molar-refractivity contribution >= 4 is 21.9 Å². The molecule has 0 aliphatic carbocycles. The molecule has 1 aromatic carbocycles. The number of rotatable bonds is 5. The first-order chi connectivity index (χ1) is 11.1. The first-order valence-electron chi connectivity index (χ1n) is 7.79. The van der Waals surface area contributed by atoms with Gasteiger partial charge in [-0.1, -0.05) is 13.0 Å². The summed E-state index contributed by atoms with van der Waals surface area (Å²) in [4.78, 5) is 25.8. The zero-order valence-electron chi connectivity index (χ0n) is 14.0. The van der Waals surface area contributed by atoms with Crippen LogP contribution in [0.5, 0.6) is 0 Å². The molecule has 1 heterocycles. The van der Waals surface area contributed by atoms with Crippen molar-refractivity contribution in [2.24, 2.45) is 0 Å². The van der Waals surface area contributed by atoms with Crippen LogP contribution < -0.4 is 4.72 Å². The molecule has 24 heavy (non-hydrogen) atoms. The summed E-state index contributed by atoms with van der Waals surface area (Å²) in [6.45, 7) is 5.47. The van der Waals surface area contributed by atoms with Gasteiger partial charge in [0.2, 0.25) is 10.0 Å². The van der Waals surface area contributed by atoms with Crippen molar-refractivity contribution in [1.29, 1.82) is 0 Å². The number of nitrogens with zero attached hydrogens (tertiary/aromatic N) is 1. The van der Waals surface area contributed by atoms with Gasteiger partial charge in [-0.15, -0.1) is 0 Å². The highest BCUT2D eigenvalue weighted by Crippen LogP contribution is 2.31. The van der Waals surface area contributed by atoms with Crippen molar-refractivity contribution in [1.82, 2.24) is 9.62 Å². The number of carboxylic acid groups (broad SMARTS) is 1. The molecule has 0 radical (unpaired) electrons. The zero-order valence-corrected chi connectivity index (χ0v) is 14.8. The van der Waals surface area contributed by atoms with Crippen LogP contribution in [0, 0.1) is 6.92 Å². The number of carboxylic acids is 1. The predicted molar refractivity (Wildman–Crippen MR) is 88.4 cm³/mol. The normalized spacial score (nSPS) is 21.0. The number of likely N-dealkylation sites (tertiary alicyclic amines) is 1. The summed E-state index contributed by atoms with van der Waals surface area (Å²) in [5.41, 5.74) is -0.446. The second-order valence-corrected chi connectivity index (χ2v) is 7.88. The third kappa shape index (κ3) is 3.16. The molecule has 1 fully saturated rings. The summed E-state index contributed by atoms with van der Waals surface area (Å²) in [5.74, 6) is -1.51. The summed E-state index contributed by atoms with van der Waals surface area (Å²) >= 11 is 0. The molecular formula is C16H22N2O5S. The highest BCUT2D eigenvalue weighted by molar-refractivity contribution is 7.89. The van der Waals surface area contributed by atoms with Gasteiger partial charge in [0.1, 0.15) is 5.54 Å². The molecule has 2 N–H and O–H groups in total. The van der Waals surface area contributed by atoms with E-state index in [2.05, 4.69) is 4.72 Å². The van der Waals surface area contributed by atoms with E-state index in [1.54, 1.807) is 19.9 Å². The summed E-state index contributed by atoms with van der Waals surface area (Å²) in [5, 5.41) is 9.46. The predicted octanol–water partition coefficient (Wildman–Crippen LogP) is 1.37. The Morgan fingerprint density at radius 1 is 1.38 bits per heavy atom. The van der Waals surface area contributed by atoms with Gasteiger partial charge in [0, 0.05) is 18.7 Å². The van der Waals surface area contributed by atoms with E-state index in [1.807, 2.05) is 0 Å². The number of sulfonamides is 1. The topological polar surface area (TPSA) is 104 Å². The van der Waals surface area contributed by atoms with Gasteiger partial charge < -0.3 is 10.0 Å². The lowest BCUT2D eigenvalue weighted by molar-refractivity contribution is -0.147. The minimum atomic E-state index is -3.69. The molecule has 1 aliphatic rings. The van der Waals surface area contributed by atoms with Gasteiger partial charge in [0.25, 0.3) is 5.91 Å². The van der Waals surface area contributed by atoms with E-state index in [9.17, 15) is 23.1 Å². The van der Waals surface area contributed by atoms with Crippen molar-refractivity contribution in [3.8, 4) is 0 Å². The minimum Gasteiger partial charge on any atom is -0.480 e. The number of aryl methyl sites for hydroxylation is 1. The number of nitrogens with one attached hydrogen (secondary N) is 1. The third-order valence-electron chi connectivity index (χ3n) is 4.43. The fraction of sp³-hybridized carbons (Fsp3) is 0.500. The van der Waals surface area contributed by atoms with E-state index in [1.165, 1.54) is 24.0 Å². The maximum Gasteiger partial charge on any atom is 0.329 e. The van der Waals surface area contributed by atoms with E-state index in [0.29, 0.717) is 24.9 Å². The molecule has 7 nitrogen and oxygen atoms in total. The Bertz CT molecular complexity index is 775. The van der Waals surface area contributed by atoms with Crippen molar-refractivity contribution in [3.63, 3.8) is 0 Å². The molecule has 0 bridgehead atoms. The fourth-order valence-electron chi connectivity index (χ4n) is 2.93. The van der Waals surface area contributed by atoms with Gasteiger partial charge in [-0.25, -0.2) is 17.9 Å². The standard InChI is InChI=1S/C16H22N2O5S/c1-4-17-24(22,23)12-7-6-11(2)13(10-12)14(19)18-9-5-8-16(18,3)15(20)21/h6-7,10,17H,4-5,8-9H2,1-3H3,(H,20,21). The van der Waals surface area contributed by atoms with Gasteiger partial charge in [-0.05, 0) is 44.4 Å². The van der Waals surface area contributed by atoms with Gasteiger partial charge >= 0.3 is 5.97 Å². The highest BCUT2D eigenvalue weighted by atomic mass is 32.2. The van der Waals surface area contributed by atoms with E-state index in [-0.39, 0.29) is 17.0 Å². The second-order valence-electron chi connectivity index (χ2n) is 6.12. The van der Waals surface area contributed by atoms with Crippen LogP contribution >= 0.6 is 0 Å². The average Bonchev–Trinajstić information content (AvgIpc) is 2.90. The second kappa shape index (κ2) is 6.52. The molecule has 1 saturated heterocycles. The van der Waals surface area contributed by atoms with Gasteiger partial charge in [0.15, 0.2) is 0 Å². The number of carbonyl (C=O) groups is 2. The molecule has 1 amide bonds. The summed E-state index contributed by atoms with van der Waals surface area (Å²) in [7, 11) is -3.69. The van der Waals surface area contributed by atoms with Crippen LogP contribution in [-0.4, -0.2) is 48.9 Å². The molecule has 8 heteroatoms. The number of hydrogen-bond donors (Lipinski definition) is 2.